The summed E-state index contributed by atoms with van der Waals surface area (Å²) in [6.07, 6.45) is 7.56. The molecule has 2 aliphatic heterocycles. The van der Waals surface area contributed by atoms with Crippen molar-refractivity contribution in [3.8, 4) is 0 Å². The molecule has 0 aliphatic carbocycles. The van der Waals surface area contributed by atoms with E-state index in [1.807, 2.05) is 17.9 Å². The third-order valence-corrected chi connectivity index (χ3v) is 6.08. The number of likely N-dealkylation sites (tertiary alicyclic amines) is 1. The zero-order valence-corrected chi connectivity index (χ0v) is 21.5. The molecule has 0 saturated carbocycles. The van der Waals surface area contributed by atoms with Gasteiger partial charge in [0.25, 0.3) is 0 Å². The third kappa shape index (κ3) is 6.92. The van der Waals surface area contributed by atoms with E-state index in [4.69, 9.17) is 14.5 Å². The monoisotopic (exact) mass is 553 g/mol. The minimum atomic E-state index is 0. The van der Waals surface area contributed by atoms with E-state index in [-0.39, 0.29) is 24.0 Å². The maximum Gasteiger partial charge on any atom is 0.194 e. The second-order valence-corrected chi connectivity index (χ2v) is 8.49. The number of hydrogen-bond acceptors (Lipinski definition) is 4. The highest BCUT2D eigenvalue weighted by Crippen LogP contribution is 2.26. The molecule has 176 valence electrons. The molecule has 4 rings (SSSR count). The topological polar surface area (TPSA) is 63.9 Å². The van der Waals surface area contributed by atoms with Gasteiger partial charge in [0.15, 0.2) is 5.96 Å². The standard InChI is InChI=1S/C24H35N5O2.HI/c1-3-25-24(29-10-7-21(17-29)22-15-27-28(2)16-22)26-14-19-5-4-6-20(13-19)18-31-23-8-11-30-12-9-23;/h4-6,13,15-16,21,23H,3,7-12,14,17-18H2,1-2H3,(H,25,26);1H. The van der Waals surface area contributed by atoms with Crippen molar-refractivity contribution < 1.29 is 9.47 Å². The van der Waals surface area contributed by atoms with Gasteiger partial charge in [-0.25, -0.2) is 4.99 Å². The van der Waals surface area contributed by atoms with E-state index in [0.29, 0.717) is 25.2 Å². The minimum Gasteiger partial charge on any atom is -0.381 e. The number of aliphatic imine (C=N–C) groups is 1. The summed E-state index contributed by atoms with van der Waals surface area (Å²) in [4.78, 5) is 7.32. The first-order valence-electron chi connectivity index (χ1n) is 11.5. The molecule has 7 nitrogen and oxygen atoms in total. The van der Waals surface area contributed by atoms with Crippen molar-refractivity contribution in [3.05, 3.63) is 53.3 Å². The molecule has 0 bridgehead atoms. The molecule has 32 heavy (non-hydrogen) atoms. The summed E-state index contributed by atoms with van der Waals surface area (Å²) < 4.78 is 13.4. The molecule has 2 aromatic rings. The third-order valence-electron chi connectivity index (χ3n) is 6.08. The first kappa shape index (κ1) is 25.0. The van der Waals surface area contributed by atoms with Gasteiger partial charge in [-0.2, -0.15) is 5.10 Å². The fourth-order valence-corrected chi connectivity index (χ4v) is 4.34. The fourth-order valence-electron chi connectivity index (χ4n) is 4.34. The van der Waals surface area contributed by atoms with Crippen LogP contribution in [-0.2, 0) is 29.7 Å². The average Bonchev–Trinajstić information content (AvgIpc) is 3.45. The Morgan fingerprint density at radius 2 is 2.06 bits per heavy atom. The first-order valence-corrected chi connectivity index (χ1v) is 11.5. The molecule has 3 heterocycles. The van der Waals surface area contributed by atoms with Gasteiger partial charge in [-0.15, -0.1) is 24.0 Å². The van der Waals surface area contributed by atoms with Gasteiger partial charge in [-0.1, -0.05) is 24.3 Å². The van der Waals surface area contributed by atoms with Crippen molar-refractivity contribution in [2.24, 2.45) is 12.0 Å². The zero-order chi connectivity index (χ0) is 21.5. The number of halogens is 1. The fraction of sp³-hybridized carbons (Fsp3) is 0.583. The van der Waals surface area contributed by atoms with Crippen molar-refractivity contribution in [1.29, 1.82) is 0 Å². The number of benzene rings is 1. The summed E-state index contributed by atoms with van der Waals surface area (Å²) in [5.41, 5.74) is 3.74. The van der Waals surface area contributed by atoms with Crippen LogP contribution in [0.25, 0.3) is 0 Å². The lowest BCUT2D eigenvalue weighted by Gasteiger charge is -2.22. The van der Waals surface area contributed by atoms with E-state index in [2.05, 4.69) is 52.7 Å². The summed E-state index contributed by atoms with van der Waals surface area (Å²) in [6.45, 7) is 7.93. The quantitative estimate of drug-likeness (QED) is 0.322. The molecule has 2 aliphatic rings. The minimum absolute atomic E-state index is 0. The molecule has 0 radical (unpaired) electrons. The van der Waals surface area contributed by atoms with Gasteiger partial charge < -0.3 is 19.7 Å². The summed E-state index contributed by atoms with van der Waals surface area (Å²) in [5.74, 6) is 1.51. The van der Waals surface area contributed by atoms with E-state index < -0.39 is 0 Å². The number of hydrogen-bond donors (Lipinski definition) is 1. The van der Waals surface area contributed by atoms with Crippen LogP contribution in [0.15, 0.2) is 41.7 Å². The zero-order valence-electron chi connectivity index (χ0n) is 19.2. The van der Waals surface area contributed by atoms with Crippen LogP contribution < -0.4 is 5.32 Å². The molecule has 0 spiro atoms. The van der Waals surface area contributed by atoms with Crippen molar-refractivity contribution in [2.45, 2.75) is 51.4 Å². The van der Waals surface area contributed by atoms with Gasteiger partial charge in [-0.3, -0.25) is 4.68 Å². The van der Waals surface area contributed by atoms with Gasteiger partial charge in [0.05, 0.1) is 25.5 Å². The molecule has 1 unspecified atom stereocenters. The van der Waals surface area contributed by atoms with Crippen LogP contribution in [0.2, 0.25) is 0 Å². The van der Waals surface area contributed by atoms with Crippen LogP contribution >= 0.6 is 24.0 Å². The van der Waals surface area contributed by atoms with Crippen LogP contribution in [0, 0.1) is 0 Å². The molecule has 2 fully saturated rings. The van der Waals surface area contributed by atoms with E-state index in [9.17, 15) is 0 Å². The summed E-state index contributed by atoms with van der Waals surface area (Å²) in [7, 11) is 1.98. The van der Waals surface area contributed by atoms with Gasteiger partial charge in [0.2, 0.25) is 0 Å². The van der Waals surface area contributed by atoms with E-state index in [1.54, 1.807) is 0 Å². The van der Waals surface area contributed by atoms with Crippen molar-refractivity contribution in [1.82, 2.24) is 20.0 Å². The van der Waals surface area contributed by atoms with Crippen LogP contribution in [0.4, 0.5) is 0 Å². The number of ether oxygens (including phenoxy) is 2. The number of rotatable bonds is 7. The van der Waals surface area contributed by atoms with Crippen LogP contribution in [-0.4, -0.2) is 59.6 Å². The highest BCUT2D eigenvalue weighted by atomic mass is 127. The normalized spacial score (nSPS) is 19.8. The Hall–Kier alpha value is -1.65. The smallest absolute Gasteiger partial charge is 0.194 e. The second kappa shape index (κ2) is 12.6. The Labute approximate surface area is 208 Å². The molecule has 1 aromatic carbocycles. The predicted octanol–water partition coefficient (Wildman–Crippen LogP) is 3.69. The van der Waals surface area contributed by atoms with Crippen molar-refractivity contribution in [2.75, 3.05) is 32.8 Å². The van der Waals surface area contributed by atoms with Crippen molar-refractivity contribution in [3.63, 3.8) is 0 Å². The number of nitrogens with one attached hydrogen (secondary N) is 1. The lowest BCUT2D eigenvalue weighted by molar-refractivity contribution is -0.0390. The maximum atomic E-state index is 6.08. The van der Waals surface area contributed by atoms with E-state index in [0.717, 1.165) is 58.1 Å². The Morgan fingerprint density at radius 3 is 2.81 bits per heavy atom. The molecule has 1 N–H and O–H groups in total. The molecule has 2 saturated heterocycles. The Balaban J connectivity index is 0.00000289. The molecule has 0 amide bonds. The molecular weight excluding hydrogens is 517 g/mol. The number of aryl methyl sites for hydroxylation is 1. The largest absolute Gasteiger partial charge is 0.381 e. The van der Waals surface area contributed by atoms with Gasteiger partial charge >= 0.3 is 0 Å². The molecular formula is C24H36IN5O2. The number of nitrogens with zero attached hydrogens (tertiary/aromatic N) is 4. The van der Waals surface area contributed by atoms with Gasteiger partial charge in [0, 0.05) is 52.0 Å². The van der Waals surface area contributed by atoms with Crippen molar-refractivity contribution >= 4 is 29.9 Å². The van der Waals surface area contributed by atoms with E-state index in [1.165, 1.54) is 16.7 Å². The molecule has 1 aromatic heterocycles. The van der Waals surface area contributed by atoms with Crippen LogP contribution in [0.3, 0.4) is 0 Å². The molecule has 8 heteroatoms. The summed E-state index contributed by atoms with van der Waals surface area (Å²) >= 11 is 0. The number of aromatic nitrogens is 2. The maximum absolute atomic E-state index is 6.08. The predicted molar refractivity (Wildman–Crippen MR) is 137 cm³/mol. The molecule has 1 atom stereocenters. The average molecular weight is 553 g/mol. The van der Waals surface area contributed by atoms with Gasteiger partial charge in [-0.05, 0) is 42.9 Å². The first-order chi connectivity index (χ1) is 15.2. The highest BCUT2D eigenvalue weighted by molar-refractivity contribution is 14.0. The lowest BCUT2D eigenvalue weighted by Crippen LogP contribution is -2.40. The van der Waals surface area contributed by atoms with Crippen LogP contribution in [0.5, 0.6) is 0 Å². The van der Waals surface area contributed by atoms with E-state index >= 15 is 0 Å². The lowest BCUT2D eigenvalue weighted by atomic mass is 10.0. The second-order valence-electron chi connectivity index (χ2n) is 8.49. The van der Waals surface area contributed by atoms with Gasteiger partial charge in [0.1, 0.15) is 0 Å². The number of guanidine groups is 1. The Morgan fingerprint density at radius 1 is 1.25 bits per heavy atom. The SMILES string of the molecule is CCNC(=NCc1cccc(COC2CCOCC2)c1)N1CCC(c2cnn(C)c2)C1.I. The highest BCUT2D eigenvalue weighted by Gasteiger charge is 2.26. The Kier molecular flexibility index (Phi) is 9.80. The summed E-state index contributed by atoms with van der Waals surface area (Å²) in [5, 5.41) is 7.81. The summed E-state index contributed by atoms with van der Waals surface area (Å²) in [6, 6.07) is 8.60. The van der Waals surface area contributed by atoms with Crippen LogP contribution in [0.1, 0.15) is 48.8 Å². The Bertz CT molecular complexity index is 866.